The standard InChI is InChI=1S/C44H34N2/c1-4-41-45-38-22-12-14-24-40(38)46(41)39-23-13-10-20-35(39)43-33-18-7-5-16-31(33)42(32-17-6-8-19-34(32)43)28-25-26-30-29-15-9-11-21-36(29)44(2,3)37(30)27-28/h5-27H,4H2,1-3H3/i5D,6D,7D,8D,16D,17D,18D,19D. The van der Waals surface area contributed by atoms with E-state index in [0.717, 1.165) is 33.5 Å². The molecule has 0 radical (unpaired) electrons. The van der Waals surface area contributed by atoms with Gasteiger partial charge in [-0.15, -0.1) is 0 Å². The summed E-state index contributed by atoms with van der Waals surface area (Å²) in [6, 6.07) is 26.7. The summed E-state index contributed by atoms with van der Waals surface area (Å²) in [5.41, 5.74) is 8.10. The summed E-state index contributed by atoms with van der Waals surface area (Å²) in [5.74, 6) is 0.777. The van der Waals surface area contributed by atoms with E-state index in [0.29, 0.717) is 34.4 Å². The summed E-state index contributed by atoms with van der Waals surface area (Å²) < 4.78 is 75.6. The molecule has 0 N–H and O–H groups in total. The van der Waals surface area contributed by atoms with Gasteiger partial charge in [0.05, 0.1) is 27.7 Å². The van der Waals surface area contributed by atoms with E-state index in [9.17, 15) is 5.48 Å². The Balaban J connectivity index is 1.51. The second-order valence-electron chi connectivity index (χ2n) is 12.4. The maximum atomic E-state index is 9.50. The second kappa shape index (κ2) is 10.0. The van der Waals surface area contributed by atoms with Gasteiger partial charge in [-0.05, 0) is 84.8 Å². The first-order valence-electron chi connectivity index (χ1n) is 19.6. The molecule has 0 bridgehead atoms. The molecular weight excluding hydrogens is 556 g/mol. The first-order chi connectivity index (χ1) is 25.9. The maximum Gasteiger partial charge on any atom is 0.114 e. The Morgan fingerprint density at radius 3 is 1.93 bits per heavy atom. The van der Waals surface area contributed by atoms with Crippen molar-refractivity contribution in [2.24, 2.45) is 0 Å². The number of hydrogen-bond acceptors (Lipinski definition) is 1. The summed E-state index contributed by atoms with van der Waals surface area (Å²) in [6.07, 6.45) is 0.598. The van der Waals surface area contributed by atoms with Crippen molar-refractivity contribution >= 4 is 32.6 Å². The average Bonchev–Trinajstić information content (AvgIpc) is 3.68. The lowest BCUT2D eigenvalue weighted by molar-refractivity contribution is 0.660. The monoisotopic (exact) mass is 598 g/mol. The zero-order chi connectivity index (χ0) is 38.0. The first kappa shape index (κ1) is 19.8. The number of aromatic nitrogens is 2. The number of hydrogen-bond donors (Lipinski definition) is 0. The van der Waals surface area contributed by atoms with Gasteiger partial charge in [0.2, 0.25) is 0 Å². The summed E-state index contributed by atoms with van der Waals surface area (Å²) in [4.78, 5) is 4.91. The van der Waals surface area contributed by atoms with Crippen LogP contribution in [0.1, 0.15) is 48.7 Å². The predicted octanol–water partition coefficient (Wildman–Crippen LogP) is 11.5. The fourth-order valence-corrected chi connectivity index (χ4v) is 7.50. The Bertz CT molecular complexity index is 2860. The van der Waals surface area contributed by atoms with Gasteiger partial charge in [0.25, 0.3) is 0 Å². The van der Waals surface area contributed by atoms with Crippen LogP contribution in [0, 0.1) is 0 Å². The molecule has 0 saturated heterocycles. The third-order valence-corrected chi connectivity index (χ3v) is 9.61. The van der Waals surface area contributed by atoms with Gasteiger partial charge in [-0.25, -0.2) is 4.98 Å². The highest BCUT2D eigenvalue weighted by atomic mass is 15.1. The lowest BCUT2D eigenvalue weighted by atomic mass is 9.80. The fraction of sp³-hybridized carbons (Fsp3) is 0.114. The van der Waals surface area contributed by atoms with Crippen molar-refractivity contribution in [1.82, 2.24) is 9.55 Å². The molecule has 220 valence electrons. The second-order valence-corrected chi connectivity index (χ2v) is 12.4. The van der Waals surface area contributed by atoms with Crippen molar-refractivity contribution in [1.29, 1.82) is 0 Å². The summed E-state index contributed by atoms with van der Waals surface area (Å²) >= 11 is 0. The van der Waals surface area contributed by atoms with Crippen molar-refractivity contribution in [3.8, 4) is 39.1 Å². The minimum Gasteiger partial charge on any atom is -0.296 e. The Morgan fingerprint density at radius 1 is 0.630 bits per heavy atom. The molecule has 1 aromatic heterocycles. The van der Waals surface area contributed by atoms with E-state index in [2.05, 4.69) is 26.0 Å². The van der Waals surface area contributed by atoms with Gasteiger partial charge < -0.3 is 0 Å². The van der Waals surface area contributed by atoms with Crippen LogP contribution in [-0.2, 0) is 11.8 Å². The van der Waals surface area contributed by atoms with Gasteiger partial charge >= 0.3 is 0 Å². The zero-order valence-corrected chi connectivity index (χ0v) is 25.8. The van der Waals surface area contributed by atoms with E-state index in [1.807, 2.05) is 90.4 Å². The van der Waals surface area contributed by atoms with Crippen LogP contribution in [-0.4, -0.2) is 9.55 Å². The van der Waals surface area contributed by atoms with Crippen LogP contribution in [0.5, 0.6) is 0 Å². The number of imidazole rings is 1. The Hall–Kier alpha value is -5.47. The van der Waals surface area contributed by atoms with Gasteiger partial charge in [-0.2, -0.15) is 0 Å². The first-order valence-corrected chi connectivity index (χ1v) is 15.6. The number of fused-ring (bicyclic) bond motifs is 6. The maximum absolute atomic E-state index is 9.50. The molecule has 2 heteroatoms. The summed E-state index contributed by atoms with van der Waals surface area (Å²) in [5, 5.41) is 0.767. The van der Waals surface area contributed by atoms with Crippen molar-refractivity contribution in [3.05, 3.63) is 156 Å². The topological polar surface area (TPSA) is 17.8 Å². The van der Waals surface area contributed by atoms with E-state index in [1.165, 1.54) is 5.56 Å². The molecule has 46 heavy (non-hydrogen) atoms. The van der Waals surface area contributed by atoms with Crippen LogP contribution < -0.4 is 0 Å². The van der Waals surface area contributed by atoms with Crippen molar-refractivity contribution in [2.75, 3.05) is 0 Å². The van der Waals surface area contributed by atoms with Gasteiger partial charge in [-0.1, -0.05) is 136 Å². The largest absolute Gasteiger partial charge is 0.296 e. The molecule has 0 saturated carbocycles. The van der Waals surface area contributed by atoms with E-state index in [4.69, 9.17) is 10.5 Å². The minimum absolute atomic E-state index is 0.187. The molecule has 0 unspecified atom stereocenters. The van der Waals surface area contributed by atoms with Crippen LogP contribution >= 0.6 is 0 Å². The van der Waals surface area contributed by atoms with E-state index in [-0.39, 0.29) is 45.7 Å². The lowest BCUT2D eigenvalue weighted by Gasteiger charge is -2.23. The van der Waals surface area contributed by atoms with Gasteiger partial charge in [0.1, 0.15) is 5.82 Å². The highest BCUT2D eigenvalue weighted by Crippen LogP contribution is 2.51. The quantitative estimate of drug-likeness (QED) is 0.184. The lowest BCUT2D eigenvalue weighted by Crippen LogP contribution is -2.14. The fourth-order valence-electron chi connectivity index (χ4n) is 7.50. The Morgan fingerprint density at radius 2 is 1.22 bits per heavy atom. The number of rotatable bonds is 4. The van der Waals surface area contributed by atoms with E-state index >= 15 is 0 Å². The van der Waals surface area contributed by atoms with Gasteiger partial charge in [-0.3, -0.25) is 4.57 Å². The molecular formula is C44H34N2. The highest BCUT2D eigenvalue weighted by molar-refractivity contribution is 6.22. The molecule has 1 heterocycles. The van der Waals surface area contributed by atoms with Crippen molar-refractivity contribution in [2.45, 2.75) is 32.6 Å². The highest BCUT2D eigenvalue weighted by Gasteiger charge is 2.35. The van der Waals surface area contributed by atoms with Crippen molar-refractivity contribution < 1.29 is 11.0 Å². The van der Waals surface area contributed by atoms with Crippen LogP contribution in [0.3, 0.4) is 0 Å². The molecule has 0 fully saturated rings. The zero-order valence-electron chi connectivity index (χ0n) is 33.8. The molecule has 0 amide bonds. The van der Waals surface area contributed by atoms with E-state index < -0.39 is 29.6 Å². The third kappa shape index (κ3) is 3.74. The molecule has 9 rings (SSSR count). The Kier molecular flexibility index (Phi) is 4.32. The molecule has 1 aliphatic carbocycles. The molecule has 0 spiro atoms. The Labute approximate surface area is 280 Å². The predicted molar refractivity (Wildman–Crippen MR) is 194 cm³/mol. The number of aryl methyl sites for hydroxylation is 1. The van der Waals surface area contributed by atoms with Crippen LogP contribution in [0.15, 0.2) is 139 Å². The molecule has 7 aromatic carbocycles. The van der Waals surface area contributed by atoms with E-state index in [1.54, 1.807) is 0 Å². The molecule has 0 atom stereocenters. The molecule has 8 aromatic rings. The third-order valence-electron chi connectivity index (χ3n) is 9.61. The van der Waals surface area contributed by atoms with Crippen LogP contribution in [0.4, 0.5) is 0 Å². The van der Waals surface area contributed by atoms with Crippen LogP contribution in [0.2, 0.25) is 0 Å². The molecule has 2 nitrogen and oxygen atoms in total. The van der Waals surface area contributed by atoms with Gasteiger partial charge in [0.15, 0.2) is 0 Å². The average molecular weight is 599 g/mol. The number of benzene rings is 7. The van der Waals surface area contributed by atoms with Crippen LogP contribution in [0.25, 0.3) is 71.6 Å². The summed E-state index contributed by atoms with van der Waals surface area (Å²) in [7, 11) is 0. The summed E-state index contributed by atoms with van der Waals surface area (Å²) in [6.45, 7) is 6.32. The minimum atomic E-state index is -0.426. The smallest absolute Gasteiger partial charge is 0.114 e. The molecule has 1 aliphatic rings. The normalized spacial score (nSPS) is 15.8. The number of para-hydroxylation sites is 3. The van der Waals surface area contributed by atoms with Gasteiger partial charge in [0, 0.05) is 17.4 Å². The molecule has 0 aliphatic heterocycles. The number of nitrogens with zero attached hydrogens (tertiary/aromatic N) is 2. The SMILES string of the molecule is [2H]c1c([2H])c([2H])c2c(-c3ccccc3-n3c(CC)nc4ccccc43)c3c([2H])c([2H])c([2H])c([2H])c3c(-c3ccc4c(c3)C(C)(C)c3ccccc3-4)c2c1[2H]. The van der Waals surface area contributed by atoms with Crippen molar-refractivity contribution in [3.63, 3.8) is 0 Å².